The molecule has 0 atom stereocenters. The number of rotatable bonds is 4. The molecule has 0 spiro atoms. The van der Waals surface area contributed by atoms with E-state index < -0.39 is 0 Å². The number of halogens is 1. The third kappa shape index (κ3) is 4.55. The van der Waals surface area contributed by atoms with E-state index in [0.717, 1.165) is 12.5 Å². The van der Waals surface area contributed by atoms with E-state index in [9.17, 15) is 0 Å². The van der Waals surface area contributed by atoms with Crippen molar-refractivity contribution in [2.45, 2.75) is 25.3 Å². The Labute approximate surface area is 163 Å². The fraction of sp³-hybridized carbons (Fsp3) is 0.250. The molecule has 0 saturated carbocycles. The van der Waals surface area contributed by atoms with E-state index in [1.54, 1.807) is 0 Å². The zero-order valence-electron chi connectivity index (χ0n) is 15.1. The van der Waals surface area contributed by atoms with Crippen LogP contribution in [-0.4, -0.2) is 18.0 Å². The minimum Gasteiger partial charge on any atom is -0.299 e. The molecule has 0 bridgehead atoms. The van der Waals surface area contributed by atoms with Crippen LogP contribution in [0.2, 0.25) is 0 Å². The molecule has 1 fully saturated rings. The van der Waals surface area contributed by atoms with Crippen LogP contribution >= 0.6 is 12.4 Å². The lowest BCUT2D eigenvalue weighted by Crippen LogP contribution is -2.32. The highest BCUT2D eigenvalue weighted by Gasteiger charge is 2.20. The van der Waals surface area contributed by atoms with E-state index >= 15 is 0 Å². The summed E-state index contributed by atoms with van der Waals surface area (Å²) in [5.74, 6) is 0.730. The smallest absolute Gasteiger partial charge is 0.0233 e. The number of hydrogen-bond donors (Lipinski definition) is 0. The highest BCUT2D eigenvalue weighted by molar-refractivity contribution is 5.85. The van der Waals surface area contributed by atoms with Crippen molar-refractivity contribution in [1.29, 1.82) is 0 Å². The minimum absolute atomic E-state index is 0. The lowest BCUT2D eigenvalue weighted by Gasteiger charge is -2.32. The molecule has 0 aromatic heterocycles. The molecule has 0 amide bonds. The highest BCUT2D eigenvalue weighted by atomic mass is 35.5. The van der Waals surface area contributed by atoms with Crippen LogP contribution in [0.1, 0.15) is 29.9 Å². The molecule has 2 heteroatoms. The molecule has 0 unspecified atom stereocenters. The Kier molecular flexibility index (Phi) is 6.49. The van der Waals surface area contributed by atoms with Gasteiger partial charge in [-0.15, -0.1) is 12.4 Å². The number of likely N-dealkylation sites (tertiary alicyclic amines) is 1. The van der Waals surface area contributed by atoms with Gasteiger partial charge in [-0.25, -0.2) is 0 Å². The van der Waals surface area contributed by atoms with Gasteiger partial charge in [-0.05, 0) is 60.2 Å². The van der Waals surface area contributed by atoms with Crippen molar-refractivity contribution >= 4 is 12.4 Å². The summed E-state index contributed by atoms with van der Waals surface area (Å²) < 4.78 is 0. The first-order valence-corrected chi connectivity index (χ1v) is 9.30. The van der Waals surface area contributed by atoms with E-state index in [2.05, 4.69) is 89.8 Å². The van der Waals surface area contributed by atoms with Gasteiger partial charge >= 0.3 is 0 Å². The van der Waals surface area contributed by atoms with E-state index in [-0.39, 0.29) is 12.4 Å². The van der Waals surface area contributed by atoms with Gasteiger partial charge < -0.3 is 0 Å². The Morgan fingerprint density at radius 3 is 2.00 bits per heavy atom. The second kappa shape index (κ2) is 9.02. The fourth-order valence-corrected chi connectivity index (χ4v) is 3.89. The molecule has 0 N–H and O–H groups in total. The van der Waals surface area contributed by atoms with Crippen LogP contribution in [0.15, 0.2) is 84.9 Å². The summed E-state index contributed by atoms with van der Waals surface area (Å²) in [5.41, 5.74) is 5.54. The molecule has 134 valence electrons. The topological polar surface area (TPSA) is 3.24 Å². The van der Waals surface area contributed by atoms with E-state index in [0.29, 0.717) is 0 Å². The molecule has 3 aromatic carbocycles. The summed E-state index contributed by atoms with van der Waals surface area (Å²) in [6.07, 6.45) is 2.53. The molecule has 1 heterocycles. The van der Waals surface area contributed by atoms with Gasteiger partial charge in [-0.1, -0.05) is 78.9 Å². The summed E-state index contributed by atoms with van der Waals surface area (Å²) in [4.78, 5) is 2.60. The van der Waals surface area contributed by atoms with Crippen LogP contribution in [-0.2, 0) is 6.54 Å². The van der Waals surface area contributed by atoms with Gasteiger partial charge in [0.25, 0.3) is 0 Å². The fourth-order valence-electron chi connectivity index (χ4n) is 3.89. The maximum absolute atomic E-state index is 2.60. The molecule has 1 aliphatic rings. The molecule has 0 radical (unpaired) electrons. The van der Waals surface area contributed by atoms with Gasteiger partial charge in [-0.3, -0.25) is 4.90 Å². The van der Waals surface area contributed by atoms with Crippen LogP contribution in [0.5, 0.6) is 0 Å². The molecular formula is C24H26ClN. The van der Waals surface area contributed by atoms with Gasteiger partial charge in [0.05, 0.1) is 0 Å². The number of piperidine rings is 1. The van der Waals surface area contributed by atoms with Crippen molar-refractivity contribution in [2.75, 3.05) is 13.1 Å². The summed E-state index contributed by atoms with van der Waals surface area (Å²) in [7, 11) is 0. The van der Waals surface area contributed by atoms with Gasteiger partial charge in [0.2, 0.25) is 0 Å². The lowest BCUT2D eigenvalue weighted by atomic mass is 9.89. The van der Waals surface area contributed by atoms with Crippen molar-refractivity contribution in [3.63, 3.8) is 0 Å². The third-order valence-corrected chi connectivity index (χ3v) is 5.30. The first kappa shape index (κ1) is 18.7. The molecule has 1 saturated heterocycles. The van der Waals surface area contributed by atoms with Crippen LogP contribution in [0.25, 0.3) is 11.1 Å². The predicted octanol–water partition coefficient (Wildman–Crippen LogP) is 6.16. The lowest BCUT2D eigenvalue weighted by molar-refractivity contribution is 0.204. The average molecular weight is 364 g/mol. The summed E-state index contributed by atoms with van der Waals surface area (Å²) in [6, 6.07) is 30.7. The summed E-state index contributed by atoms with van der Waals surface area (Å²) in [5, 5.41) is 0. The Bertz CT molecular complexity index is 793. The molecule has 4 rings (SSSR count). The largest absolute Gasteiger partial charge is 0.299 e. The van der Waals surface area contributed by atoms with Crippen molar-refractivity contribution in [2.24, 2.45) is 0 Å². The monoisotopic (exact) mass is 363 g/mol. The summed E-state index contributed by atoms with van der Waals surface area (Å²) in [6.45, 7) is 3.44. The normalized spacial score (nSPS) is 15.4. The number of nitrogens with zero attached hydrogens (tertiary/aromatic N) is 1. The first-order chi connectivity index (χ1) is 12.4. The van der Waals surface area contributed by atoms with Crippen molar-refractivity contribution in [1.82, 2.24) is 4.90 Å². The molecule has 1 nitrogen and oxygen atoms in total. The molecule has 1 aliphatic heterocycles. The van der Waals surface area contributed by atoms with Crippen molar-refractivity contribution in [3.05, 3.63) is 96.1 Å². The van der Waals surface area contributed by atoms with Crippen LogP contribution in [0.4, 0.5) is 0 Å². The molecule has 0 aliphatic carbocycles. The Balaban J connectivity index is 0.00000196. The van der Waals surface area contributed by atoms with Crippen LogP contribution in [0.3, 0.4) is 0 Å². The van der Waals surface area contributed by atoms with Crippen molar-refractivity contribution < 1.29 is 0 Å². The molecular weight excluding hydrogens is 338 g/mol. The predicted molar refractivity (Wildman–Crippen MR) is 113 cm³/mol. The van der Waals surface area contributed by atoms with Gasteiger partial charge in [0.15, 0.2) is 0 Å². The van der Waals surface area contributed by atoms with Crippen LogP contribution < -0.4 is 0 Å². The Morgan fingerprint density at radius 2 is 1.31 bits per heavy atom. The van der Waals surface area contributed by atoms with Gasteiger partial charge in [0, 0.05) is 6.54 Å². The molecule has 26 heavy (non-hydrogen) atoms. The Hall–Kier alpha value is -2.09. The zero-order valence-corrected chi connectivity index (χ0v) is 15.9. The van der Waals surface area contributed by atoms with Gasteiger partial charge in [-0.2, -0.15) is 0 Å². The maximum Gasteiger partial charge on any atom is 0.0233 e. The minimum atomic E-state index is 0. The highest BCUT2D eigenvalue weighted by Crippen LogP contribution is 2.29. The standard InChI is InChI=1S/C24H25N.ClH/c1-3-9-21(10-4-1)23-14-16-25(17-15-23)19-20-8-7-13-24(18-20)22-11-5-2-6-12-22;/h1-13,18,23H,14-17,19H2;1H. The van der Waals surface area contributed by atoms with E-state index in [1.807, 2.05) is 0 Å². The summed E-state index contributed by atoms with van der Waals surface area (Å²) >= 11 is 0. The second-order valence-corrected chi connectivity index (χ2v) is 7.03. The average Bonchev–Trinajstić information content (AvgIpc) is 2.70. The zero-order chi connectivity index (χ0) is 16.9. The molecule has 3 aromatic rings. The second-order valence-electron chi connectivity index (χ2n) is 7.03. The third-order valence-electron chi connectivity index (χ3n) is 5.30. The van der Waals surface area contributed by atoms with E-state index in [1.165, 1.54) is 48.2 Å². The number of hydrogen-bond acceptors (Lipinski definition) is 1. The Morgan fingerprint density at radius 1 is 0.692 bits per heavy atom. The van der Waals surface area contributed by atoms with E-state index in [4.69, 9.17) is 0 Å². The quantitative estimate of drug-likeness (QED) is 0.537. The SMILES string of the molecule is Cl.c1ccc(-c2cccc(CN3CCC(c4ccccc4)CC3)c2)cc1. The first-order valence-electron chi connectivity index (χ1n) is 9.30. The van der Waals surface area contributed by atoms with Gasteiger partial charge in [0.1, 0.15) is 0 Å². The number of benzene rings is 3. The van der Waals surface area contributed by atoms with Crippen LogP contribution in [0, 0.1) is 0 Å². The maximum atomic E-state index is 2.60. The van der Waals surface area contributed by atoms with Crippen molar-refractivity contribution in [3.8, 4) is 11.1 Å².